The lowest BCUT2D eigenvalue weighted by atomic mass is 9.91. The molecule has 0 aliphatic carbocycles. The maximum Gasteiger partial charge on any atom is 0.222 e. The summed E-state index contributed by atoms with van der Waals surface area (Å²) >= 11 is 0. The van der Waals surface area contributed by atoms with Crippen molar-refractivity contribution in [2.75, 3.05) is 33.2 Å². The summed E-state index contributed by atoms with van der Waals surface area (Å²) in [6.45, 7) is 4.49. The van der Waals surface area contributed by atoms with Crippen LogP contribution in [-0.4, -0.2) is 61.0 Å². The Kier molecular flexibility index (Phi) is 3.57. The van der Waals surface area contributed by atoms with Crippen LogP contribution in [0.2, 0.25) is 0 Å². The molecular weight excluding hydrogens is 226 g/mol. The molecule has 0 bridgehead atoms. The third-order valence-corrected chi connectivity index (χ3v) is 4.99. The topological polar surface area (TPSA) is 35.6 Å². The summed E-state index contributed by atoms with van der Waals surface area (Å²) in [4.78, 5) is 16.8. The predicted octanol–water partition coefficient (Wildman–Crippen LogP) is 0.681. The van der Waals surface area contributed by atoms with Crippen LogP contribution in [0.1, 0.15) is 32.1 Å². The molecule has 4 heteroatoms. The van der Waals surface area contributed by atoms with Crippen LogP contribution in [0.15, 0.2) is 0 Å². The third-order valence-electron chi connectivity index (χ3n) is 4.99. The van der Waals surface area contributed by atoms with Crippen molar-refractivity contribution in [3.63, 3.8) is 0 Å². The maximum atomic E-state index is 12.2. The van der Waals surface area contributed by atoms with Gasteiger partial charge in [-0.3, -0.25) is 4.79 Å². The van der Waals surface area contributed by atoms with Gasteiger partial charge >= 0.3 is 0 Å². The molecule has 0 aromatic carbocycles. The van der Waals surface area contributed by atoms with Gasteiger partial charge in [0.05, 0.1) is 0 Å². The lowest BCUT2D eigenvalue weighted by molar-refractivity contribution is -0.137. The average Bonchev–Trinajstić information content (AvgIpc) is 2.84. The molecule has 0 aromatic heterocycles. The second-order valence-corrected chi connectivity index (χ2v) is 6.25. The number of rotatable bonds is 2. The average molecular weight is 251 g/mol. The molecule has 3 saturated heterocycles. The highest BCUT2D eigenvalue weighted by Crippen LogP contribution is 2.28. The molecule has 0 aromatic rings. The van der Waals surface area contributed by atoms with E-state index in [1.807, 2.05) is 0 Å². The van der Waals surface area contributed by atoms with E-state index in [0.717, 1.165) is 38.3 Å². The second-order valence-electron chi connectivity index (χ2n) is 6.25. The Morgan fingerprint density at radius 2 is 2.00 bits per heavy atom. The van der Waals surface area contributed by atoms with Crippen LogP contribution < -0.4 is 5.32 Å². The number of piperidine rings is 2. The fraction of sp³-hybridized carbons (Fsp3) is 0.929. The van der Waals surface area contributed by atoms with Crippen molar-refractivity contribution in [1.82, 2.24) is 15.1 Å². The van der Waals surface area contributed by atoms with Gasteiger partial charge in [0.2, 0.25) is 5.91 Å². The molecule has 1 N–H and O–H groups in total. The van der Waals surface area contributed by atoms with Gasteiger partial charge in [-0.2, -0.15) is 0 Å². The van der Waals surface area contributed by atoms with Gasteiger partial charge in [-0.15, -0.1) is 0 Å². The molecule has 2 atom stereocenters. The van der Waals surface area contributed by atoms with E-state index >= 15 is 0 Å². The Morgan fingerprint density at radius 3 is 2.78 bits per heavy atom. The minimum absolute atomic E-state index is 0.402. The highest BCUT2D eigenvalue weighted by atomic mass is 16.2. The van der Waals surface area contributed by atoms with Gasteiger partial charge in [-0.05, 0) is 58.3 Å². The number of carbonyl (C=O) groups is 1. The molecule has 18 heavy (non-hydrogen) atoms. The van der Waals surface area contributed by atoms with Crippen molar-refractivity contribution in [3.8, 4) is 0 Å². The molecular formula is C14H25N3O. The van der Waals surface area contributed by atoms with Gasteiger partial charge in [-0.1, -0.05) is 0 Å². The number of nitrogens with zero attached hydrogens (tertiary/aromatic N) is 2. The van der Waals surface area contributed by atoms with Crippen LogP contribution in [0, 0.1) is 5.92 Å². The van der Waals surface area contributed by atoms with Crippen molar-refractivity contribution in [1.29, 1.82) is 0 Å². The molecule has 102 valence electrons. The van der Waals surface area contributed by atoms with Gasteiger partial charge in [0.1, 0.15) is 0 Å². The molecule has 0 spiro atoms. The van der Waals surface area contributed by atoms with Crippen molar-refractivity contribution in [2.24, 2.45) is 5.92 Å². The number of nitrogens with one attached hydrogen (secondary N) is 1. The molecule has 0 radical (unpaired) electrons. The first-order valence-corrected chi connectivity index (χ1v) is 7.45. The molecule has 3 fully saturated rings. The van der Waals surface area contributed by atoms with E-state index in [0.29, 0.717) is 18.0 Å². The number of amides is 1. The fourth-order valence-electron chi connectivity index (χ4n) is 3.79. The summed E-state index contributed by atoms with van der Waals surface area (Å²) in [5, 5.41) is 3.55. The molecule has 3 aliphatic heterocycles. The van der Waals surface area contributed by atoms with Gasteiger partial charge < -0.3 is 15.1 Å². The van der Waals surface area contributed by atoms with Crippen LogP contribution in [0.4, 0.5) is 0 Å². The van der Waals surface area contributed by atoms with Crippen LogP contribution in [0.25, 0.3) is 0 Å². The van der Waals surface area contributed by atoms with E-state index in [2.05, 4.69) is 22.2 Å². The fourth-order valence-corrected chi connectivity index (χ4v) is 3.79. The zero-order chi connectivity index (χ0) is 12.5. The van der Waals surface area contributed by atoms with Crippen molar-refractivity contribution in [2.45, 2.75) is 44.2 Å². The highest BCUT2D eigenvalue weighted by Gasteiger charge is 2.39. The summed E-state index contributed by atoms with van der Waals surface area (Å²) in [6, 6.07) is 1.07. The summed E-state index contributed by atoms with van der Waals surface area (Å²) in [7, 11) is 2.19. The first-order chi connectivity index (χ1) is 8.74. The van der Waals surface area contributed by atoms with Gasteiger partial charge in [0, 0.05) is 25.0 Å². The molecule has 1 amide bonds. The lowest BCUT2D eigenvalue weighted by Crippen LogP contribution is -2.53. The Hall–Kier alpha value is -0.610. The van der Waals surface area contributed by atoms with E-state index in [4.69, 9.17) is 0 Å². The summed E-state index contributed by atoms with van der Waals surface area (Å²) < 4.78 is 0. The van der Waals surface area contributed by atoms with Crippen LogP contribution in [-0.2, 0) is 4.79 Å². The molecule has 4 nitrogen and oxygen atoms in total. The summed E-state index contributed by atoms with van der Waals surface area (Å²) in [5.74, 6) is 1.13. The molecule has 3 aliphatic rings. The largest absolute Gasteiger partial charge is 0.338 e. The van der Waals surface area contributed by atoms with Gasteiger partial charge in [-0.25, -0.2) is 0 Å². The number of hydrogen-bond acceptors (Lipinski definition) is 3. The summed E-state index contributed by atoms with van der Waals surface area (Å²) in [6.07, 6.45) is 5.47. The third kappa shape index (κ3) is 2.41. The quantitative estimate of drug-likeness (QED) is 0.784. The Labute approximate surface area is 110 Å². The van der Waals surface area contributed by atoms with Crippen LogP contribution in [0.3, 0.4) is 0 Å². The van der Waals surface area contributed by atoms with Crippen molar-refractivity contribution < 1.29 is 4.79 Å². The van der Waals surface area contributed by atoms with E-state index in [-0.39, 0.29) is 0 Å². The summed E-state index contributed by atoms with van der Waals surface area (Å²) in [5.41, 5.74) is 0. The van der Waals surface area contributed by atoms with Crippen molar-refractivity contribution >= 4 is 5.91 Å². The first-order valence-electron chi connectivity index (χ1n) is 7.45. The number of likely N-dealkylation sites (tertiary alicyclic amines) is 2. The minimum Gasteiger partial charge on any atom is -0.338 e. The van der Waals surface area contributed by atoms with Crippen molar-refractivity contribution in [3.05, 3.63) is 0 Å². The SMILES string of the molecule is CN1CCC(CN2C(=O)CC[C@H]3NCC[C@H]32)CC1. The van der Waals surface area contributed by atoms with Gasteiger partial charge in [0.25, 0.3) is 0 Å². The van der Waals surface area contributed by atoms with Crippen LogP contribution in [0.5, 0.6) is 0 Å². The van der Waals surface area contributed by atoms with E-state index in [9.17, 15) is 4.79 Å². The van der Waals surface area contributed by atoms with Gasteiger partial charge in [0.15, 0.2) is 0 Å². The van der Waals surface area contributed by atoms with E-state index in [1.165, 1.54) is 25.9 Å². The standard InChI is InChI=1S/C14H25N3O/c1-16-8-5-11(6-9-16)10-17-13-4-7-15-12(13)2-3-14(17)18/h11-13,15H,2-10H2,1H3/t12-,13-/m1/s1. The van der Waals surface area contributed by atoms with Crippen LogP contribution >= 0.6 is 0 Å². The Morgan fingerprint density at radius 1 is 1.22 bits per heavy atom. The molecule has 0 unspecified atom stereocenters. The second kappa shape index (κ2) is 5.17. The smallest absolute Gasteiger partial charge is 0.222 e. The Bertz CT molecular complexity index is 312. The van der Waals surface area contributed by atoms with E-state index < -0.39 is 0 Å². The number of hydrogen-bond donors (Lipinski definition) is 1. The zero-order valence-corrected chi connectivity index (χ0v) is 11.4. The number of carbonyl (C=O) groups excluding carboxylic acids is 1. The highest BCUT2D eigenvalue weighted by molar-refractivity contribution is 5.77. The van der Waals surface area contributed by atoms with E-state index in [1.54, 1.807) is 0 Å². The Balaban J connectivity index is 1.61. The monoisotopic (exact) mass is 251 g/mol. The normalized spacial score (nSPS) is 34.9. The molecule has 0 saturated carbocycles. The maximum absolute atomic E-state index is 12.2. The zero-order valence-electron chi connectivity index (χ0n) is 11.4. The molecule has 3 rings (SSSR count). The minimum atomic E-state index is 0.402. The molecule has 3 heterocycles. The predicted molar refractivity (Wildman–Crippen MR) is 71.4 cm³/mol. The first kappa shape index (κ1) is 12.4. The lowest BCUT2D eigenvalue weighted by Gasteiger charge is -2.40. The number of fused-ring (bicyclic) bond motifs is 1.